The SMILES string of the molecule is CCNCC(C)Cc1ncc(C)c(OC)c1C. The van der Waals surface area contributed by atoms with Crippen LogP contribution in [-0.4, -0.2) is 25.2 Å². The van der Waals surface area contributed by atoms with Gasteiger partial charge >= 0.3 is 0 Å². The fourth-order valence-electron chi connectivity index (χ4n) is 2.07. The molecule has 0 aliphatic heterocycles. The number of hydrogen-bond acceptors (Lipinski definition) is 3. The Morgan fingerprint density at radius 3 is 2.71 bits per heavy atom. The van der Waals surface area contributed by atoms with Gasteiger partial charge in [0, 0.05) is 23.0 Å². The van der Waals surface area contributed by atoms with Gasteiger partial charge in [-0.3, -0.25) is 4.98 Å². The lowest BCUT2D eigenvalue weighted by molar-refractivity contribution is 0.405. The highest BCUT2D eigenvalue weighted by molar-refractivity contribution is 5.41. The molecule has 0 saturated heterocycles. The fourth-order valence-corrected chi connectivity index (χ4v) is 2.07. The molecular formula is C14H24N2O. The van der Waals surface area contributed by atoms with Gasteiger partial charge in [0.15, 0.2) is 0 Å². The smallest absolute Gasteiger partial charge is 0.128 e. The van der Waals surface area contributed by atoms with Crippen molar-refractivity contribution in [2.75, 3.05) is 20.2 Å². The molecule has 0 aliphatic carbocycles. The molecule has 1 unspecified atom stereocenters. The second kappa shape index (κ2) is 6.60. The molecule has 0 radical (unpaired) electrons. The van der Waals surface area contributed by atoms with Gasteiger partial charge in [0.05, 0.1) is 7.11 Å². The van der Waals surface area contributed by atoms with Crippen molar-refractivity contribution < 1.29 is 4.74 Å². The number of nitrogens with one attached hydrogen (secondary N) is 1. The van der Waals surface area contributed by atoms with Crippen LogP contribution in [0.4, 0.5) is 0 Å². The number of aromatic nitrogens is 1. The van der Waals surface area contributed by atoms with Gasteiger partial charge in [-0.25, -0.2) is 0 Å². The van der Waals surface area contributed by atoms with Crippen molar-refractivity contribution in [1.82, 2.24) is 10.3 Å². The predicted octanol–water partition coefficient (Wildman–Crippen LogP) is 2.50. The Morgan fingerprint density at radius 1 is 1.41 bits per heavy atom. The van der Waals surface area contributed by atoms with Crippen molar-refractivity contribution in [3.63, 3.8) is 0 Å². The second-order valence-electron chi connectivity index (χ2n) is 4.66. The van der Waals surface area contributed by atoms with E-state index in [0.29, 0.717) is 5.92 Å². The van der Waals surface area contributed by atoms with Crippen LogP contribution in [0.15, 0.2) is 6.20 Å². The molecule has 0 aliphatic rings. The highest BCUT2D eigenvalue weighted by Crippen LogP contribution is 2.25. The molecular weight excluding hydrogens is 212 g/mol. The molecule has 1 atom stereocenters. The molecule has 0 saturated carbocycles. The van der Waals surface area contributed by atoms with Gasteiger partial charge in [0.25, 0.3) is 0 Å². The molecule has 0 aromatic carbocycles. The Morgan fingerprint density at radius 2 is 2.12 bits per heavy atom. The molecule has 1 N–H and O–H groups in total. The molecule has 0 fully saturated rings. The van der Waals surface area contributed by atoms with Crippen LogP contribution in [0, 0.1) is 19.8 Å². The molecule has 0 bridgehead atoms. The van der Waals surface area contributed by atoms with Crippen molar-refractivity contribution in [3.8, 4) is 5.75 Å². The summed E-state index contributed by atoms with van der Waals surface area (Å²) in [6, 6.07) is 0. The number of hydrogen-bond donors (Lipinski definition) is 1. The van der Waals surface area contributed by atoms with Crippen LogP contribution >= 0.6 is 0 Å². The first-order valence-corrected chi connectivity index (χ1v) is 6.29. The van der Waals surface area contributed by atoms with Crippen LogP contribution < -0.4 is 10.1 Å². The third-order valence-corrected chi connectivity index (χ3v) is 3.03. The Bertz CT molecular complexity index is 363. The van der Waals surface area contributed by atoms with E-state index in [4.69, 9.17) is 4.74 Å². The Balaban J connectivity index is 2.78. The average Bonchev–Trinajstić information content (AvgIpc) is 2.31. The number of methoxy groups -OCH3 is 1. The third kappa shape index (κ3) is 3.70. The first kappa shape index (κ1) is 14.0. The lowest BCUT2D eigenvalue weighted by Gasteiger charge is -2.15. The van der Waals surface area contributed by atoms with Crippen molar-refractivity contribution in [2.24, 2.45) is 5.92 Å². The van der Waals surface area contributed by atoms with Gasteiger partial charge in [-0.15, -0.1) is 0 Å². The van der Waals surface area contributed by atoms with Crippen molar-refractivity contribution in [2.45, 2.75) is 34.1 Å². The number of pyridine rings is 1. The van der Waals surface area contributed by atoms with Gasteiger partial charge in [0.1, 0.15) is 5.75 Å². The summed E-state index contributed by atoms with van der Waals surface area (Å²) in [5, 5.41) is 3.37. The first-order chi connectivity index (χ1) is 8.10. The molecule has 1 aromatic rings. The summed E-state index contributed by atoms with van der Waals surface area (Å²) in [7, 11) is 1.72. The number of aryl methyl sites for hydroxylation is 1. The normalized spacial score (nSPS) is 12.5. The summed E-state index contributed by atoms with van der Waals surface area (Å²) in [6.07, 6.45) is 2.90. The molecule has 96 valence electrons. The molecule has 3 heteroatoms. The highest BCUT2D eigenvalue weighted by Gasteiger charge is 2.12. The van der Waals surface area contributed by atoms with Crippen LogP contribution in [-0.2, 0) is 6.42 Å². The minimum atomic E-state index is 0.591. The van der Waals surface area contributed by atoms with E-state index in [-0.39, 0.29) is 0 Å². The predicted molar refractivity (Wildman–Crippen MR) is 71.7 cm³/mol. The zero-order valence-electron chi connectivity index (χ0n) is 11.6. The van der Waals surface area contributed by atoms with Crippen molar-refractivity contribution in [1.29, 1.82) is 0 Å². The van der Waals surface area contributed by atoms with Crippen LogP contribution in [0.5, 0.6) is 5.75 Å². The Hall–Kier alpha value is -1.09. The molecule has 3 nitrogen and oxygen atoms in total. The molecule has 17 heavy (non-hydrogen) atoms. The zero-order chi connectivity index (χ0) is 12.8. The van der Waals surface area contributed by atoms with Gasteiger partial charge < -0.3 is 10.1 Å². The summed E-state index contributed by atoms with van der Waals surface area (Å²) < 4.78 is 5.42. The maximum absolute atomic E-state index is 5.42. The lowest BCUT2D eigenvalue weighted by Crippen LogP contribution is -2.22. The summed E-state index contributed by atoms with van der Waals surface area (Å²) in [4.78, 5) is 4.53. The van der Waals surface area contributed by atoms with Crippen LogP contribution in [0.2, 0.25) is 0 Å². The maximum atomic E-state index is 5.42. The quantitative estimate of drug-likeness (QED) is 0.824. The highest BCUT2D eigenvalue weighted by atomic mass is 16.5. The topological polar surface area (TPSA) is 34.2 Å². The lowest BCUT2D eigenvalue weighted by atomic mass is 10.0. The third-order valence-electron chi connectivity index (χ3n) is 3.03. The van der Waals surface area contributed by atoms with E-state index in [0.717, 1.165) is 36.5 Å². The van der Waals surface area contributed by atoms with Crippen LogP contribution in [0.25, 0.3) is 0 Å². The van der Waals surface area contributed by atoms with E-state index in [2.05, 4.69) is 31.1 Å². The number of rotatable bonds is 6. The van der Waals surface area contributed by atoms with Crippen LogP contribution in [0.1, 0.15) is 30.7 Å². The first-order valence-electron chi connectivity index (χ1n) is 6.29. The second-order valence-corrected chi connectivity index (χ2v) is 4.66. The van der Waals surface area contributed by atoms with E-state index in [9.17, 15) is 0 Å². The molecule has 1 aromatic heterocycles. The summed E-state index contributed by atoms with van der Waals surface area (Å²) >= 11 is 0. The maximum Gasteiger partial charge on any atom is 0.128 e. The molecule has 0 amide bonds. The van der Waals surface area contributed by atoms with E-state index in [1.807, 2.05) is 13.1 Å². The van der Waals surface area contributed by atoms with Gasteiger partial charge in [0.2, 0.25) is 0 Å². The minimum Gasteiger partial charge on any atom is -0.496 e. The van der Waals surface area contributed by atoms with E-state index < -0.39 is 0 Å². The number of ether oxygens (including phenoxy) is 1. The largest absolute Gasteiger partial charge is 0.496 e. The molecule has 1 heterocycles. The van der Waals surface area contributed by atoms with Crippen LogP contribution in [0.3, 0.4) is 0 Å². The van der Waals surface area contributed by atoms with Gasteiger partial charge in [-0.05, 0) is 39.3 Å². The zero-order valence-corrected chi connectivity index (χ0v) is 11.6. The standard InChI is InChI=1S/C14H24N2O/c1-6-15-8-10(2)7-13-12(4)14(17-5)11(3)9-16-13/h9-10,15H,6-8H2,1-5H3. The average molecular weight is 236 g/mol. The van der Waals surface area contributed by atoms with Gasteiger partial charge in [-0.2, -0.15) is 0 Å². The van der Waals surface area contributed by atoms with E-state index >= 15 is 0 Å². The summed E-state index contributed by atoms with van der Waals surface area (Å²) in [5.74, 6) is 1.57. The molecule has 1 rings (SSSR count). The summed E-state index contributed by atoms with van der Waals surface area (Å²) in [6.45, 7) is 10.6. The van der Waals surface area contributed by atoms with E-state index in [1.54, 1.807) is 7.11 Å². The van der Waals surface area contributed by atoms with E-state index in [1.165, 1.54) is 5.56 Å². The van der Waals surface area contributed by atoms with Crippen molar-refractivity contribution in [3.05, 3.63) is 23.0 Å². The summed E-state index contributed by atoms with van der Waals surface area (Å²) in [5.41, 5.74) is 3.43. The fraction of sp³-hybridized carbons (Fsp3) is 0.643. The minimum absolute atomic E-state index is 0.591. The Labute approximate surface area is 105 Å². The van der Waals surface area contributed by atoms with Gasteiger partial charge in [-0.1, -0.05) is 13.8 Å². The Kier molecular flexibility index (Phi) is 5.42. The monoisotopic (exact) mass is 236 g/mol. The number of nitrogens with zero attached hydrogens (tertiary/aromatic N) is 1. The van der Waals surface area contributed by atoms with Crippen molar-refractivity contribution >= 4 is 0 Å². The molecule has 0 spiro atoms.